The molecule has 0 aromatic heterocycles. The van der Waals surface area contributed by atoms with Crippen LogP contribution in [0.2, 0.25) is 0 Å². The fraction of sp³-hybridized carbons (Fsp3) is 0.733. The maximum absolute atomic E-state index is 13.7. The zero-order valence-corrected chi connectivity index (χ0v) is 21.9. The monoisotopic (exact) mass is 466 g/mol. The van der Waals surface area contributed by atoms with Crippen molar-refractivity contribution in [3.05, 3.63) is 35.1 Å². The minimum absolute atomic E-state index is 0.0381. The van der Waals surface area contributed by atoms with Gasteiger partial charge in [0.15, 0.2) is 5.76 Å². The SMILES string of the molecule is CC1=CCC(C)(C)C=CCC2(C)OC3=C(CC2CC1)C1(C)C(CC2CC(C)(C(=O)O)CC21)C3=O. The van der Waals surface area contributed by atoms with Gasteiger partial charge < -0.3 is 9.84 Å². The van der Waals surface area contributed by atoms with E-state index in [2.05, 4.69) is 52.8 Å². The number of carbonyl (C=O) groups excluding carboxylic acids is 1. The molecule has 0 amide bonds. The van der Waals surface area contributed by atoms with Gasteiger partial charge in [-0.1, -0.05) is 44.6 Å². The molecular weight excluding hydrogens is 424 g/mol. The number of carboxylic acid groups (broad SMARTS) is 1. The predicted molar refractivity (Wildman–Crippen MR) is 133 cm³/mol. The van der Waals surface area contributed by atoms with Gasteiger partial charge in [-0.15, -0.1) is 0 Å². The van der Waals surface area contributed by atoms with Crippen LogP contribution in [-0.2, 0) is 14.3 Å². The van der Waals surface area contributed by atoms with Gasteiger partial charge in [-0.2, -0.15) is 0 Å². The average molecular weight is 467 g/mol. The van der Waals surface area contributed by atoms with Gasteiger partial charge in [0.2, 0.25) is 5.78 Å². The van der Waals surface area contributed by atoms with Crippen molar-refractivity contribution in [3.8, 4) is 0 Å². The van der Waals surface area contributed by atoms with E-state index in [4.69, 9.17) is 4.74 Å². The fourth-order valence-corrected chi connectivity index (χ4v) is 8.19. The lowest BCUT2D eigenvalue weighted by Crippen LogP contribution is -2.42. The Kier molecular flexibility index (Phi) is 5.32. The normalized spacial score (nSPS) is 45.5. The van der Waals surface area contributed by atoms with Crippen molar-refractivity contribution in [1.29, 1.82) is 0 Å². The van der Waals surface area contributed by atoms with Crippen LogP contribution >= 0.6 is 0 Å². The second-order valence-electron chi connectivity index (χ2n) is 13.6. The van der Waals surface area contributed by atoms with E-state index in [1.54, 1.807) is 0 Å². The van der Waals surface area contributed by atoms with Gasteiger partial charge in [0.1, 0.15) is 5.60 Å². The Labute approximate surface area is 204 Å². The molecule has 7 atom stereocenters. The zero-order chi connectivity index (χ0) is 24.7. The van der Waals surface area contributed by atoms with Crippen molar-refractivity contribution in [2.24, 2.45) is 39.9 Å². The Morgan fingerprint density at radius 2 is 1.85 bits per heavy atom. The molecule has 0 aromatic carbocycles. The number of carbonyl (C=O) groups is 2. The fourth-order valence-electron chi connectivity index (χ4n) is 8.19. The molecule has 4 aliphatic carbocycles. The van der Waals surface area contributed by atoms with Gasteiger partial charge in [0.25, 0.3) is 0 Å². The number of rotatable bonds is 1. The maximum atomic E-state index is 13.7. The predicted octanol–water partition coefficient (Wildman–Crippen LogP) is 6.86. The van der Waals surface area contributed by atoms with Crippen molar-refractivity contribution in [3.63, 3.8) is 0 Å². The number of ketones is 1. The molecule has 0 radical (unpaired) electrons. The highest BCUT2D eigenvalue weighted by molar-refractivity contribution is 6.01. The second kappa shape index (κ2) is 7.58. The van der Waals surface area contributed by atoms with Crippen molar-refractivity contribution in [2.75, 3.05) is 0 Å². The van der Waals surface area contributed by atoms with Gasteiger partial charge >= 0.3 is 5.97 Å². The summed E-state index contributed by atoms with van der Waals surface area (Å²) in [4.78, 5) is 25.8. The Bertz CT molecular complexity index is 1010. The van der Waals surface area contributed by atoms with Crippen LogP contribution in [0.3, 0.4) is 0 Å². The van der Waals surface area contributed by atoms with Crippen molar-refractivity contribution in [2.45, 2.75) is 98.5 Å². The van der Waals surface area contributed by atoms with Gasteiger partial charge in [0, 0.05) is 23.7 Å². The molecule has 1 aliphatic heterocycles. The smallest absolute Gasteiger partial charge is 0.309 e. The van der Waals surface area contributed by atoms with Gasteiger partial charge in [-0.05, 0) is 88.5 Å². The molecule has 0 aromatic rings. The van der Waals surface area contributed by atoms with E-state index in [1.807, 2.05) is 6.92 Å². The lowest BCUT2D eigenvalue weighted by Gasteiger charge is -2.45. The van der Waals surface area contributed by atoms with Crippen LogP contribution in [0, 0.1) is 39.9 Å². The van der Waals surface area contributed by atoms with Crippen LogP contribution in [0.1, 0.15) is 92.9 Å². The number of hydrogen-bond acceptors (Lipinski definition) is 3. The Balaban J connectivity index is 1.50. The van der Waals surface area contributed by atoms with Crippen molar-refractivity contribution in [1.82, 2.24) is 0 Å². The molecule has 1 heterocycles. The summed E-state index contributed by atoms with van der Waals surface area (Å²) in [5.41, 5.74) is 1.46. The van der Waals surface area contributed by atoms with Crippen LogP contribution in [0.25, 0.3) is 0 Å². The first kappa shape index (κ1) is 23.9. The number of hydrogen-bond donors (Lipinski definition) is 1. The summed E-state index contributed by atoms with van der Waals surface area (Å²) < 4.78 is 6.78. The highest BCUT2D eigenvalue weighted by Gasteiger charge is 2.68. The standard InChI is InChI=1S/C30H42O4/c1-18-8-9-20-15-22-25(34-29(20,5)12-7-11-27(2,3)13-10-18)24(31)21-14-19-16-28(4,26(32)33)17-23(19)30(21,22)6/h7,10-11,19-21,23H,8-9,12-17H2,1-6H3,(H,32,33). The lowest BCUT2D eigenvalue weighted by atomic mass is 9.65. The number of aliphatic carboxylic acids is 1. The van der Waals surface area contributed by atoms with Gasteiger partial charge in [-0.3, -0.25) is 9.59 Å². The molecular formula is C30H42O4. The number of fused-ring (bicyclic) bond motifs is 5. The highest BCUT2D eigenvalue weighted by atomic mass is 16.5. The minimum Gasteiger partial charge on any atom is -0.483 e. The summed E-state index contributed by atoms with van der Waals surface area (Å²) >= 11 is 0. The number of ether oxygens (including phenoxy) is 1. The molecule has 5 aliphatic rings. The van der Waals surface area contributed by atoms with E-state index in [1.165, 1.54) is 11.1 Å². The number of Topliss-reactive ketones (excluding diaryl/α,β-unsaturated/α-hetero) is 1. The molecule has 5 rings (SSSR count). The Morgan fingerprint density at radius 3 is 2.56 bits per heavy atom. The van der Waals surface area contributed by atoms with Crippen molar-refractivity contribution >= 4 is 11.8 Å². The van der Waals surface area contributed by atoms with Gasteiger partial charge in [0.05, 0.1) is 5.41 Å². The van der Waals surface area contributed by atoms with E-state index in [-0.39, 0.29) is 34.1 Å². The maximum Gasteiger partial charge on any atom is 0.309 e. The zero-order valence-electron chi connectivity index (χ0n) is 21.9. The van der Waals surface area contributed by atoms with Crippen LogP contribution in [-0.4, -0.2) is 22.5 Å². The summed E-state index contributed by atoms with van der Waals surface area (Å²) in [5.74, 6) is 1.03. The largest absolute Gasteiger partial charge is 0.483 e. The summed E-state index contributed by atoms with van der Waals surface area (Å²) in [6, 6.07) is 0. The third-order valence-corrected chi connectivity index (χ3v) is 10.6. The molecule has 0 spiro atoms. The third kappa shape index (κ3) is 3.45. The van der Waals surface area contributed by atoms with Crippen LogP contribution in [0.4, 0.5) is 0 Å². The van der Waals surface area contributed by atoms with Crippen LogP contribution in [0.5, 0.6) is 0 Å². The summed E-state index contributed by atoms with van der Waals surface area (Å²) in [5, 5.41) is 9.90. The molecule has 0 saturated heterocycles. The first-order valence-electron chi connectivity index (χ1n) is 13.3. The Hall–Kier alpha value is -1.84. The minimum atomic E-state index is -0.687. The first-order valence-corrected chi connectivity index (χ1v) is 13.3. The van der Waals surface area contributed by atoms with E-state index < -0.39 is 11.4 Å². The summed E-state index contributed by atoms with van der Waals surface area (Å²) in [6.07, 6.45) is 14.0. The summed E-state index contributed by atoms with van der Waals surface area (Å²) in [6.45, 7) is 13.2. The molecule has 34 heavy (non-hydrogen) atoms. The van der Waals surface area contributed by atoms with Crippen molar-refractivity contribution < 1.29 is 19.4 Å². The topological polar surface area (TPSA) is 63.6 Å². The molecule has 4 nitrogen and oxygen atoms in total. The highest BCUT2D eigenvalue weighted by Crippen LogP contribution is 2.70. The van der Waals surface area contributed by atoms with E-state index in [9.17, 15) is 14.7 Å². The quantitative estimate of drug-likeness (QED) is 0.429. The second-order valence-corrected chi connectivity index (χ2v) is 13.6. The molecule has 1 N–H and O–H groups in total. The molecule has 2 fully saturated rings. The third-order valence-electron chi connectivity index (χ3n) is 10.6. The molecule has 2 saturated carbocycles. The van der Waals surface area contributed by atoms with Gasteiger partial charge in [-0.25, -0.2) is 0 Å². The Morgan fingerprint density at radius 1 is 1.12 bits per heavy atom. The molecule has 4 heteroatoms. The molecule has 0 bridgehead atoms. The first-order chi connectivity index (χ1) is 15.8. The number of carboxylic acids is 1. The molecule has 186 valence electrons. The summed E-state index contributed by atoms with van der Waals surface area (Å²) in [7, 11) is 0. The van der Waals surface area contributed by atoms with Crippen LogP contribution in [0.15, 0.2) is 35.1 Å². The molecule has 7 unspecified atom stereocenters. The lowest BCUT2D eigenvalue weighted by molar-refractivity contribution is -0.148. The average Bonchev–Trinajstić information content (AvgIpc) is 3.29. The van der Waals surface area contributed by atoms with Crippen LogP contribution < -0.4 is 0 Å². The van der Waals surface area contributed by atoms with E-state index in [0.29, 0.717) is 30.4 Å². The van der Waals surface area contributed by atoms with E-state index in [0.717, 1.165) is 38.5 Å². The van der Waals surface area contributed by atoms with E-state index >= 15 is 0 Å². The number of allylic oxidation sites excluding steroid dienone is 5.